The number of carbonyl (C=O) groups is 2. The Morgan fingerprint density at radius 2 is 1.85 bits per heavy atom. The molecule has 0 radical (unpaired) electrons. The van der Waals surface area contributed by atoms with Crippen LogP contribution in [0, 0.1) is 0 Å². The third-order valence-corrected chi connectivity index (χ3v) is 11.7. The summed E-state index contributed by atoms with van der Waals surface area (Å²) in [5.41, 5.74) is 2.98. The Kier molecular flexibility index (Phi) is 9.78. The summed E-state index contributed by atoms with van der Waals surface area (Å²) in [7, 11) is 0.0639. The molecule has 2 N–H and O–H groups in total. The van der Waals surface area contributed by atoms with E-state index in [1.165, 1.54) is 18.9 Å². The van der Waals surface area contributed by atoms with Crippen molar-refractivity contribution < 1.29 is 22.7 Å². The van der Waals surface area contributed by atoms with Gasteiger partial charge in [-0.15, -0.1) is 0 Å². The number of methoxy groups -OCH3 is 1. The number of sulfonamides is 1. The topological polar surface area (TPSA) is 152 Å². The molecule has 1 aromatic carbocycles. The molecule has 13 nitrogen and oxygen atoms in total. The number of piperidine rings is 3. The van der Waals surface area contributed by atoms with Gasteiger partial charge in [-0.2, -0.15) is 10.1 Å². The summed E-state index contributed by atoms with van der Waals surface area (Å²) in [6, 6.07) is 6.46. The van der Waals surface area contributed by atoms with E-state index < -0.39 is 15.9 Å². The molecule has 3 saturated heterocycles. The highest BCUT2D eigenvalue weighted by Gasteiger charge is 2.32. The molecule has 0 aliphatic carbocycles. The number of carbonyl (C=O) groups excluding carboxylic acids is 2. The summed E-state index contributed by atoms with van der Waals surface area (Å²) in [6.07, 6.45) is 6.24. The van der Waals surface area contributed by atoms with Gasteiger partial charge in [0.05, 0.1) is 36.2 Å². The molecule has 2 aromatic heterocycles. The molecule has 3 fully saturated rings. The van der Waals surface area contributed by atoms with Crippen molar-refractivity contribution in [1.29, 1.82) is 0 Å². The van der Waals surface area contributed by atoms with Crippen molar-refractivity contribution >= 4 is 50.3 Å². The van der Waals surface area contributed by atoms with Gasteiger partial charge in [-0.1, -0.05) is 23.7 Å². The highest BCUT2D eigenvalue weighted by atomic mass is 35.5. The van der Waals surface area contributed by atoms with Gasteiger partial charge in [0.1, 0.15) is 5.02 Å². The van der Waals surface area contributed by atoms with Crippen LogP contribution in [0.2, 0.25) is 5.02 Å². The lowest BCUT2D eigenvalue weighted by Gasteiger charge is -2.33. The van der Waals surface area contributed by atoms with Crippen LogP contribution in [0.25, 0.3) is 10.9 Å². The van der Waals surface area contributed by atoms with Gasteiger partial charge >= 0.3 is 0 Å². The number of nitrogens with zero attached hydrogens (tertiary/aromatic N) is 6. The first kappa shape index (κ1) is 32.6. The molecule has 3 aliphatic rings. The average molecular weight is 673 g/mol. The number of amides is 2. The lowest BCUT2D eigenvalue weighted by Crippen LogP contribution is -2.44. The van der Waals surface area contributed by atoms with Gasteiger partial charge in [-0.25, -0.2) is 17.7 Å². The number of ether oxygens (including phenoxy) is 1. The highest BCUT2D eigenvalue weighted by Crippen LogP contribution is 2.34. The SMILES string of the molecule is COc1nc(NC2CCN(S(=O)(=O)CCCN3CCC(c4ccc5c(C6CCC(=O)NC6=O)nn(C)c5c4)CC3)CC2)ncc1Cl. The first-order valence-electron chi connectivity index (χ1n) is 15.9. The van der Waals surface area contributed by atoms with Crippen molar-refractivity contribution in [1.82, 2.24) is 34.3 Å². The van der Waals surface area contributed by atoms with Crippen molar-refractivity contribution in [3.63, 3.8) is 0 Å². The highest BCUT2D eigenvalue weighted by molar-refractivity contribution is 7.89. The minimum Gasteiger partial charge on any atom is -0.480 e. The zero-order chi connectivity index (χ0) is 32.4. The fourth-order valence-corrected chi connectivity index (χ4v) is 8.57. The van der Waals surface area contributed by atoms with E-state index >= 15 is 0 Å². The van der Waals surface area contributed by atoms with Gasteiger partial charge in [0.25, 0.3) is 0 Å². The van der Waals surface area contributed by atoms with Crippen LogP contribution < -0.4 is 15.4 Å². The lowest BCUT2D eigenvalue weighted by atomic mass is 9.88. The molecule has 1 unspecified atom stereocenters. The minimum absolute atomic E-state index is 0.0737. The number of imide groups is 1. The smallest absolute Gasteiger partial charge is 0.237 e. The van der Waals surface area contributed by atoms with E-state index in [1.807, 2.05) is 11.7 Å². The fraction of sp³-hybridized carbons (Fsp3) is 0.581. The van der Waals surface area contributed by atoms with Crippen LogP contribution in [0.15, 0.2) is 24.4 Å². The second-order valence-electron chi connectivity index (χ2n) is 12.4. The van der Waals surface area contributed by atoms with Crippen LogP contribution >= 0.6 is 11.6 Å². The summed E-state index contributed by atoms with van der Waals surface area (Å²) < 4.78 is 34.8. The number of anilines is 1. The zero-order valence-electron chi connectivity index (χ0n) is 26.2. The molecular weight excluding hydrogens is 632 g/mol. The van der Waals surface area contributed by atoms with Crippen molar-refractivity contribution in [2.24, 2.45) is 7.05 Å². The maximum Gasteiger partial charge on any atom is 0.237 e. The number of halogens is 1. The maximum absolute atomic E-state index is 13.1. The Morgan fingerprint density at radius 3 is 2.57 bits per heavy atom. The number of aromatic nitrogens is 4. The van der Waals surface area contributed by atoms with Crippen LogP contribution in [-0.4, -0.2) is 101 Å². The van der Waals surface area contributed by atoms with Gasteiger partial charge in [0.2, 0.25) is 33.7 Å². The normalized spacial score (nSPS) is 21.1. The van der Waals surface area contributed by atoms with E-state index in [1.54, 1.807) is 4.31 Å². The predicted octanol–water partition coefficient (Wildman–Crippen LogP) is 3.02. The van der Waals surface area contributed by atoms with Gasteiger partial charge in [0, 0.05) is 38.0 Å². The Labute approximate surface area is 274 Å². The number of hydrogen-bond donors (Lipinski definition) is 2. The summed E-state index contributed by atoms with van der Waals surface area (Å²) in [5, 5.41) is 11.7. The van der Waals surface area contributed by atoms with Crippen LogP contribution in [0.1, 0.15) is 68.0 Å². The fourth-order valence-electron chi connectivity index (χ4n) is 6.88. The number of aryl methyl sites for hydroxylation is 1. The molecule has 248 valence electrons. The molecule has 0 spiro atoms. The van der Waals surface area contributed by atoms with E-state index in [0.29, 0.717) is 68.0 Å². The summed E-state index contributed by atoms with van der Waals surface area (Å²) in [5.74, 6) is 0.366. The predicted molar refractivity (Wildman–Crippen MR) is 174 cm³/mol. The summed E-state index contributed by atoms with van der Waals surface area (Å²) >= 11 is 6.01. The first-order chi connectivity index (χ1) is 22.1. The van der Waals surface area contributed by atoms with Crippen molar-refractivity contribution in [3.05, 3.63) is 40.7 Å². The second kappa shape index (κ2) is 13.8. The molecule has 1 atom stereocenters. The maximum atomic E-state index is 13.1. The number of likely N-dealkylation sites (tertiary alicyclic amines) is 1. The van der Waals surface area contributed by atoms with Gasteiger partial charge in [0.15, 0.2) is 0 Å². The van der Waals surface area contributed by atoms with E-state index in [4.69, 9.17) is 16.3 Å². The van der Waals surface area contributed by atoms with Gasteiger partial charge < -0.3 is 15.0 Å². The van der Waals surface area contributed by atoms with Crippen LogP contribution in [0.4, 0.5) is 5.95 Å². The zero-order valence-corrected chi connectivity index (χ0v) is 27.8. The largest absolute Gasteiger partial charge is 0.480 e. The Bertz CT molecular complexity index is 1700. The van der Waals surface area contributed by atoms with Gasteiger partial charge in [-0.3, -0.25) is 19.6 Å². The third-order valence-electron chi connectivity index (χ3n) is 9.49. The molecule has 46 heavy (non-hydrogen) atoms. The molecule has 0 saturated carbocycles. The standard InChI is InChI=1S/C31H41ClN8O5S/c1-38-26-18-21(4-5-23(26)28(37-38)24-6-7-27(41)35-29(24)42)20-8-13-39(14-9-20)12-3-17-46(43,44)40-15-10-22(11-16-40)34-31-33-19-25(32)30(36-31)45-2/h4-5,18-20,22,24H,3,6-17H2,1-2H3,(H,33,34,36)(H,35,41,42). The summed E-state index contributed by atoms with van der Waals surface area (Å²) in [6.45, 7) is 3.53. The average Bonchev–Trinajstić information content (AvgIpc) is 3.37. The lowest BCUT2D eigenvalue weighted by molar-refractivity contribution is -0.134. The number of hydrogen-bond acceptors (Lipinski definition) is 10. The van der Waals surface area contributed by atoms with Crippen molar-refractivity contribution in [2.75, 3.05) is 50.9 Å². The Balaban J connectivity index is 0.953. The quantitative estimate of drug-likeness (QED) is 0.308. The van der Waals surface area contributed by atoms with Crippen LogP contribution in [0.5, 0.6) is 5.88 Å². The molecule has 3 aromatic rings. The molecule has 2 amide bonds. The summed E-state index contributed by atoms with van der Waals surface area (Å²) in [4.78, 5) is 34.9. The van der Waals surface area contributed by atoms with E-state index in [9.17, 15) is 18.0 Å². The van der Waals surface area contributed by atoms with E-state index in [-0.39, 0.29) is 23.6 Å². The van der Waals surface area contributed by atoms with Crippen molar-refractivity contribution in [3.8, 4) is 5.88 Å². The Morgan fingerprint density at radius 1 is 1.09 bits per heavy atom. The minimum atomic E-state index is -3.33. The molecule has 6 rings (SSSR count). The van der Waals surface area contributed by atoms with E-state index in [0.717, 1.165) is 49.1 Å². The van der Waals surface area contributed by atoms with Crippen LogP contribution in [-0.2, 0) is 26.7 Å². The number of nitrogens with one attached hydrogen (secondary N) is 2. The Hall–Kier alpha value is -3.33. The van der Waals surface area contributed by atoms with E-state index in [2.05, 4.69) is 48.8 Å². The second-order valence-corrected chi connectivity index (χ2v) is 14.9. The molecule has 3 aliphatic heterocycles. The number of benzene rings is 1. The van der Waals surface area contributed by atoms with Gasteiger partial charge in [-0.05, 0) is 75.7 Å². The first-order valence-corrected chi connectivity index (χ1v) is 17.9. The molecule has 0 bridgehead atoms. The number of fused-ring (bicyclic) bond motifs is 1. The van der Waals surface area contributed by atoms with Crippen LogP contribution in [0.3, 0.4) is 0 Å². The monoisotopic (exact) mass is 672 g/mol. The molecule has 5 heterocycles. The third kappa shape index (κ3) is 7.14. The number of rotatable bonds is 10. The molecule has 15 heteroatoms. The molecular formula is C31H41ClN8O5S. The van der Waals surface area contributed by atoms with Crippen molar-refractivity contribution in [2.45, 2.75) is 62.8 Å².